The molecular formula is C15H20BrNO2. The monoisotopic (exact) mass is 325 g/mol. The molecule has 0 spiro atoms. The van der Waals surface area contributed by atoms with Crippen LogP contribution in [0.4, 0.5) is 5.69 Å². The van der Waals surface area contributed by atoms with Crippen LogP contribution in [0.1, 0.15) is 33.6 Å². The summed E-state index contributed by atoms with van der Waals surface area (Å²) in [5.41, 5.74) is 0.226. The molecular weight excluding hydrogens is 306 g/mol. The molecule has 1 aromatic carbocycles. The van der Waals surface area contributed by atoms with Crippen LogP contribution in [0, 0.1) is 5.41 Å². The lowest BCUT2D eigenvalue weighted by molar-refractivity contribution is -0.150. The predicted molar refractivity (Wildman–Crippen MR) is 80.1 cm³/mol. The molecule has 1 atom stereocenters. The molecule has 0 heterocycles. The maximum atomic E-state index is 12.3. The molecule has 1 aliphatic rings. The highest BCUT2D eigenvalue weighted by molar-refractivity contribution is 9.10. The van der Waals surface area contributed by atoms with E-state index in [0.29, 0.717) is 6.61 Å². The maximum Gasteiger partial charge on any atom is 0.332 e. The Hall–Kier alpha value is -1.03. The highest BCUT2D eigenvalue weighted by Crippen LogP contribution is 2.55. The van der Waals surface area contributed by atoms with E-state index in [0.717, 1.165) is 23.0 Å². The number of anilines is 1. The molecule has 1 aromatic rings. The van der Waals surface area contributed by atoms with Gasteiger partial charge in [-0.15, -0.1) is 0 Å². The summed E-state index contributed by atoms with van der Waals surface area (Å²) in [6.45, 7) is 6.32. The minimum Gasteiger partial charge on any atom is -0.464 e. The van der Waals surface area contributed by atoms with Gasteiger partial charge in [0, 0.05) is 15.6 Å². The maximum absolute atomic E-state index is 12.3. The van der Waals surface area contributed by atoms with Gasteiger partial charge in [-0.25, -0.2) is 4.79 Å². The lowest BCUT2D eigenvalue weighted by Gasteiger charge is -2.35. The number of halogens is 1. The molecule has 0 aromatic heterocycles. The van der Waals surface area contributed by atoms with E-state index >= 15 is 0 Å². The highest BCUT2D eigenvalue weighted by atomic mass is 79.9. The topological polar surface area (TPSA) is 38.3 Å². The molecule has 0 aliphatic heterocycles. The van der Waals surface area contributed by atoms with Crippen molar-refractivity contribution >= 4 is 27.6 Å². The summed E-state index contributed by atoms with van der Waals surface area (Å²) < 4.78 is 6.25. The van der Waals surface area contributed by atoms with Crippen molar-refractivity contribution in [3.05, 3.63) is 28.7 Å². The Balaban J connectivity index is 2.26. The summed E-state index contributed by atoms with van der Waals surface area (Å²) in [7, 11) is 0. The number of carbonyl (C=O) groups is 1. The molecule has 0 radical (unpaired) electrons. The molecule has 3 nitrogen and oxygen atoms in total. The summed E-state index contributed by atoms with van der Waals surface area (Å²) in [6, 6.07) is 7.86. The van der Waals surface area contributed by atoms with Gasteiger partial charge in [0.05, 0.1) is 6.61 Å². The van der Waals surface area contributed by atoms with E-state index in [1.807, 2.05) is 38.1 Å². The van der Waals surface area contributed by atoms with E-state index in [4.69, 9.17) is 4.74 Å². The molecule has 4 heteroatoms. The lowest BCUT2D eigenvalue weighted by Crippen LogP contribution is -2.51. The van der Waals surface area contributed by atoms with Crippen LogP contribution in [0.15, 0.2) is 28.7 Å². The molecule has 1 aliphatic carbocycles. The number of carbonyl (C=O) groups excluding carboxylic acids is 1. The number of nitrogens with one attached hydrogen (secondary N) is 1. The van der Waals surface area contributed by atoms with Crippen LogP contribution < -0.4 is 5.32 Å². The zero-order valence-corrected chi connectivity index (χ0v) is 13.2. The first-order chi connectivity index (χ1) is 8.91. The summed E-state index contributed by atoms with van der Waals surface area (Å²) >= 11 is 3.45. The molecule has 104 valence electrons. The van der Waals surface area contributed by atoms with E-state index in [-0.39, 0.29) is 11.4 Å². The first-order valence-corrected chi connectivity index (χ1v) is 7.41. The minimum absolute atomic E-state index is 0.0262. The Morgan fingerprint density at radius 2 is 2.21 bits per heavy atom. The van der Waals surface area contributed by atoms with Crippen molar-refractivity contribution in [1.82, 2.24) is 0 Å². The van der Waals surface area contributed by atoms with Gasteiger partial charge in [-0.05, 0) is 44.9 Å². The van der Waals surface area contributed by atoms with Crippen LogP contribution in [0.5, 0.6) is 0 Å². The van der Waals surface area contributed by atoms with Crippen molar-refractivity contribution in [1.29, 1.82) is 0 Å². The molecule has 0 saturated heterocycles. The van der Waals surface area contributed by atoms with Gasteiger partial charge in [0.1, 0.15) is 5.54 Å². The second-order valence-electron chi connectivity index (χ2n) is 5.54. The summed E-state index contributed by atoms with van der Waals surface area (Å²) in [6.07, 6.45) is 2.09. The predicted octanol–water partition coefficient (Wildman–Crippen LogP) is 3.98. The zero-order valence-electron chi connectivity index (χ0n) is 11.6. The Kier molecular flexibility index (Phi) is 3.90. The standard InChI is InChI=1S/C15H20BrNO2/c1-4-19-13(18)15(3,14(2)8-9-14)17-12-7-5-6-11(16)10-12/h5-7,10,17H,4,8-9H2,1-3H3. The SMILES string of the molecule is CCOC(=O)C(C)(Nc1cccc(Br)c1)C1(C)CC1. The van der Waals surface area contributed by atoms with Gasteiger partial charge in [-0.1, -0.05) is 28.9 Å². The molecule has 19 heavy (non-hydrogen) atoms. The number of benzene rings is 1. The molecule has 1 saturated carbocycles. The van der Waals surface area contributed by atoms with Crippen molar-refractivity contribution in [2.24, 2.45) is 5.41 Å². The van der Waals surface area contributed by atoms with Crippen LogP contribution in [0.3, 0.4) is 0 Å². The Morgan fingerprint density at radius 1 is 1.53 bits per heavy atom. The normalized spacial score (nSPS) is 19.4. The molecule has 0 amide bonds. The number of rotatable bonds is 5. The quantitative estimate of drug-likeness (QED) is 0.832. The van der Waals surface area contributed by atoms with Crippen LogP contribution >= 0.6 is 15.9 Å². The third-order valence-corrected chi connectivity index (χ3v) is 4.60. The summed E-state index contributed by atoms with van der Waals surface area (Å²) in [5.74, 6) is -0.171. The summed E-state index contributed by atoms with van der Waals surface area (Å²) in [5, 5.41) is 3.38. The van der Waals surface area contributed by atoms with Gasteiger partial charge >= 0.3 is 5.97 Å². The van der Waals surface area contributed by atoms with Gasteiger partial charge in [0.15, 0.2) is 0 Å². The average molecular weight is 326 g/mol. The van der Waals surface area contributed by atoms with E-state index in [2.05, 4.69) is 28.2 Å². The van der Waals surface area contributed by atoms with Crippen LogP contribution in [0.2, 0.25) is 0 Å². The fourth-order valence-corrected chi connectivity index (χ4v) is 2.67. The van der Waals surface area contributed by atoms with Crippen LogP contribution in [-0.4, -0.2) is 18.1 Å². The number of ether oxygens (including phenoxy) is 1. The minimum atomic E-state index is -0.677. The third-order valence-electron chi connectivity index (χ3n) is 4.11. The summed E-state index contributed by atoms with van der Waals surface area (Å²) in [4.78, 5) is 12.3. The van der Waals surface area contributed by atoms with E-state index in [1.165, 1.54) is 0 Å². The Bertz CT molecular complexity index is 485. The highest BCUT2D eigenvalue weighted by Gasteiger charge is 2.58. The molecule has 1 fully saturated rings. The van der Waals surface area contributed by atoms with Crippen molar-refractivity contribution in [3.63, 3.8) is 0 Å². The van der Waals surface area contributed by atoms with Crippen LogP contribution in [-0.2, 0) is 9.53 Å². The zero-order chi connectivity index (χ0) is 14.1. The van der Waals surface area contributed by atoms with Gasteiger partial charge in [0.25, 0.3) is 0 Å². The second-order valence-corrected chi connectivity index (χ2v) is 6.46. The fourth-order valence-electron chi connectivity index (χ4n) is 2.27. The van der Waals surface area contributed by atoms with Crippen LogP contribution in [0.25, 0.3) is 0 Å². The van der Waals surface area contributed by atoms with Gasteiger partial charge in [-0.2, -0.15) is 0 Å². The van der Waals surface area contributed by atoms with Crippen molar-refractivity contribution in [2.45, 2.75) is 39.2 Å². The second kappa shape index (κ2) is 5.16. The van der Waals surface area contributed by atoms with Crippen molar-refractivity contribution < 1.29 is 9.53 Å². The molecule has 1 unspecified atom stereocenters. The first kappa shape index (κ1) is 14.4. The first-order valence-electron chi connectivity index (χ1n) is 6.62. The largest absolute Gasteiger partial charge is 0.464 e. The average Bonchev–Trinajstić information content (AvgIpc) is 3.09. The van der Waals surface area contributed by atoms with E-state index in [9.17, 15) is 4.79 Å². The molecule has 2 rings (SSSR count). The van der Waals surface area contributed by atoms with Gasteiger partial charge in [-0.3, -0.25) is 0 Å². The Labute approximate surface area is 122 Å². The fraction of sp³-hybridized carbons (Fsp3) is 0.533. The van der Waals surface area contributed by atoms with Gasteiger partial charge < -0.3 is 10.1 Å². The van der Waals surface area contributed by atoms with Crippen molar-refractivity contribution in [3.8, 4) is 0 Å². The molecule has 0 bridgehead atoms. The van der Waals surface area contributed by atoms with Crippen molar-refractivity contribution in [2.75, 3.05) is 11.9 Å². The number of hydrogen-bond donors (Lipinski definition) is 1. The van der Waals surface area contributed by atoms with E-state index in [1.54, 1.807) is 0 Å². The smallest absolute Gasteiger partial charge is 0.332 e. The third kappa shape index (κ3) is 2.78. The van der Waals surface area contributed by atoms with E-state index < -0.39 is 5.54 Å². The molecule has 1 N–H and O–H groups in total. The number of esters is 1. The lowest BCUT2D eigenvalue weighted by atomic mass is 9.83. The number of hydrogen-bond acceptors (Lipinski definition) is 3. The van der Waals surface area contributed by atoms with Gasteiger partial charge in [0.2, 0.25) is 0 Å². The Morgan fingerprint density at radius 3 is 2.74 bits per heavy atom.